The fourth-order valence-corrected chi connectivity index (χ4v) is 3.95. The summed E-state index contributed by atoms with van der Waals surface area (Å²) in [6, 6.07) is 9.47. The number of amides is 1. The van der Waals surface area contributed by atoms with Gasteiger partial charge in [-0.2, -0.15) is 8.78 Å². The topological polar surface area (TPSA) is 112 Å². The molecule has 1 aliphatic heterocycles. The first kappa shape index (κ1) is 24.5. The molecule has 0 spiro atoms. The Hall–Kier alpha value is -4.22. The van der Waals surface area contributed by atoms with E-state index in [9.17, 15) is 13.6 Å². The van der Waals surface area contributed by atoms with Gasteiger partial charge in [-0.15, -0.1) is 15.3 Å². The molecule has 192 valence electrons. The molecule has 0 aliphatic carbocycles. The standard InChI is InChI=1S/C25H25F2N7O3/c1-25(2,3)37-24(35)33-9-8-15-10-16(4-5-18(15)12-33)20-14-34(32-29-20)13-19-7-6-17(11-28-19)22-30-31-23(36-22)21(26)27/h4-7,10-11,14,21H,8-9,12-13H2,1-3H3. The van der Waals surface area contributed by atoms with Gasteiger partial charge in [-0.25, -0.2) is 9.48 Å². The van der Waals surface area contributed by atoms with Crippen molar-refractivity contribution in [2.45, 2.75) is 52.3 Å². The number of ether oxygens (including phenoxy) is 1. The van der Waals surface area contributed by atoms with Gasteiger partial charge in [0.15, 0.2) is 0 Å². The van der Waals surface area contributed by atoms with Crippen LogP contribution in [0.15, 0.2) is 47.1 Å². The number of rotatable bonds is 5. The highest BCUT2D eigenvalue weighted by atomic mass is 19.3. The number of hydrogen-bond donors (Lipinski definition) is 0. The van der Waals surface area contributed by atoms with Gasteiger partial charge >= 0.3 is 12.5 Å². The third-order valence-corrected chi connectivity index (χ3v) is 5.73. The highest BCUT2D eigenvalue weighted by molar-refractivity contribution is 5.69. The van der Waals surface area contributed by atoms with Crippen LogP contribution in [-0.2, 0) is 24.2 Å². The number of nitrogens with zero attached hydrogens (tertiary/aromatic N) is 7. The summed E-state index contributed by atoms with van der Waals surface area (Å²) in [6.07, 6.45) is 0.921. The average Bonchev–Trinajstić information content (AvgIpc) is 3.53. The lowest BCUT2D eigenvalue weighted by atomic mass is 9.96. The summed E-state index contributed by atoms with van der Waals surface area (Å²) in [4.78, 5) is 18.5. The Morgan fingerprint density at radius 3 is 2.62 bits per heavy atom. The van der Waals surface area contributed by atoms with Crippen LogP contribution < -0.4 is 0 Å². The molecule has 4 heterocycles. The van der Waals surface area contributed by atoms with Crippen molar-refractivity contribution < 1.29 is 22.7 Å². The van der Waals surface area contributed by atoms with E-state index < -0.39 is 17.9 Å². The maximum atomic E-state index is 12.7. The van der Waals surface area contributed by atoms with Gasteiger partial charge in [0.25, 0.3) is 5.89 Å². The zero-order valence-electron chi connectivity index (χ0n) is 20.6. The largest absolute Gasteiger partial charge is 0.444 e. The molecule has 1 aliphatic rings. The van der Waals surface area contributed by atoms with E-state index in [0.29, 0.717) is 30.9 Å². The molecule has 10 nitrogen and oxygen atoms in total. The lowest BCUT2D eigenvalue weighted by Crippen LogP contribution is -2.39. The lowest BCUT2D eigenvalue weighted by Gasteiger charge is -2.31. The zero-order valence-corrected chi connectivity index (χ0v) is 20.6. The molecule has 0 bridgehead atoms. The summed E-state index contributed by atoms with van der Waals surface area (Å²) in [5.74, 6) is -0.740. The van der Waals surface area contributed by atoms with Crippen molar-refractivity contribution >= 4 is 6.09 Å². The van der Waals surface area contributed by atoms with Crippen molar-refractivity contribution in [2.75, 3.05) is 6.54 Å². The van der Waals surface area contributed by atoms with E-state index in [2.05, 4.69) is 31.6 Å². The fraction of sp³-hybridized carbons (Fsp3) is 0.360. The minimum absolute atomic E-state index is 0.0148. The molecule has 12 heteroatoms. The molecule has 0 unspecified atom stereocenters. The molecular formula is C25H25F2N7O3. The van der Waals surface area contributed by atoms with E-state index in [0.717, 1.165) is 23.2 Å². The van der Waals surface area contributed by atoms with Gasteiger partial charge in [0.2, 0.25) is 5.89 Å². The van der Waals surface area contributed by atoms with Gasteiger partial charge < -0.3 is 14.1 Å². The van der Waals surface area contributed by atoms with Crippen molar-refractivity contribution in [3.63, 3.8) is 0 Å². The Labute approximate surface area is 211 Å². The van der Waals surface area contributed by atoms with E-state index in [1.807, 2.05) is 39.1 Å². The number of benzene rings is 1. The molecule has 37 heavy (non-hydrogen) atoms. The fourth-order valence-electron chi connectivity index (χ4n) is 3.95. The van der Waals surface area contributed by atoms with Crippen LogP contribution in [0.1, 0.15) is 49.9 Å². The maximum absolute atomic E-state index is 12.7. The van der Waals surface area contributed by atoms with Crippen molar-refractivity contribution in [1.82, 2.24) is 35.1 Å². The second kappa shape index (κ2) is 9.68. The zero-order chi connectivity index (χ0) is 26.2. The van der Waals surface area contributed by atoms with Gasteiger partial charge in [-0.05, 0) is 56.5 Å². The van der Waals surface area contributed by atoms with Crippen LogP contribution in [0.4, 0.5) is 13.6 Å². The lowest BCUT2D eigenvalue weighted by molar-refractivity contribution is 0.0224. The molecule has 0 N–H and O–H groups in total. The normalized spacial score (nSPS) is 13.6. The number of alkyl halides is 2. The Morgan fingerprint density at radius 1 is 1.11 bits per heavy atom. The van der Waals surface area contributed by atoms with Gasteiger partial charge in [0.05, 0.1) is 24.0 Å². The number of aromatic nitrogens is 6. The summed E-state index contributed by atoms with van der Waals surface area (Å²) >= 11 is 0. The molecule has 4 aromatic rings. The molecule has 3 aromatic heterocycles. The molecular weight excluding hydrogens is 484 g/mol. The number of halogens is 2. The molecule has 0 atom stereocenters. The van der Waals surface area contributed by atoms with Crippen LogP contribution in [0.2, 0.25) is 0 Å². The molecule has 1 amide bonds. The third-order valence-electron chi connectivity index (χ3n) is 5.73. The molecule has 1 aromatic carbocycles. The highest BCUT2D eigenvalue weighted by Crippen LogP contribution is 2.27. The van der Waals surface area contributed by atoms with E-state index in [1.54, 1.807) is 21.7 Å². The second-order valence-corrected chi connectivity index (χ2v) is 9.72. The molecule has 0 saturated carbocycles. The molecule has 0 fully saturated rings. The summed E-state index contributed by atoms with van der Waals surface area (Å²) in [5, 5.41) is 15.5. The Kier molecular flexibility index (Phi) is 6.40. The van der Waals surface area contributed by atoms with Gasteiger partial charge in [0.1, 0.15) is 11.3 Å². The average molecular weight is 510 g/mol. The quantitative estimate of drug-likeness (QED) is 0.382. The Morgan fingerprint density at radius 2 is 1.92 bits per heavy atom. The van der Waals surface area contributed by atoms with E-state index >= 15 is 0 Å². The van der Waals surface area contributed by atoms with Crippen LogP contribution in [0.5, 0.6) is 0 Å². The highest BCUT2D eigenvalue weighted by Gasteiger charge is 2.26. The SMILES string of the molecule is CC(C)(C)OC(=O)N1CCc2cc(-c3cn(Cc4ccc(-c5nnc(C(F)F)o5)cn4)nn3)ccc2C1. The Bertz CT molecular complexity index is 1410. The van der Waals surface area contributed by atoms with Crippen LogP contribution in [0, 0.1) is 0 Å². The third kappa shape index (κ3) is 5.63. The van der Waals surface area contributed by atoms with Gasteiger partial charge in [-0.1, -0.05) is 17.3 Å². The molecule has 0 saturated heterocycles. The second-order valence-electron chi connectivity index (χ2n) is 9.72. The van der Waals surface area contributed by atoms with Crippen molar-refractivity contribution in [2.24, 2.45) is 0 Å². The van der Waals surface area contributed by atoms with E-state index in [4.69, 9.17) is 9.15 Å². The summed E-state index contributed by atoms with van der Waals surface area (Å²) in [6.45, 7) is 7.04. The van der Waals surface area contributed by atoms with Crippen LogP contribution in [-0.4, -0.2) is 53.3 Å². The van der Waals surface area contributed by atoms with Crippen molar-refractivity contribution in [1.29, 1.82) is 0 Å². The first-order chi connectivity index (χ1) is 17.6. The first-order valence-corrected chi connectivity index (χ1v) is 11.7. The minimum atomic E-state index is -2.82. The van der Waals surface area contributed by atoms with Crippen LogP contribution >= 0.6 is 0 Å². The molecule has 5 rings (SSSR count). The number of carbonyl (C=O) groups excluding carboxylic acids is 1. The predicted molar refractivity (Wildman–Crippen MR) is 127 cm³/mol. The van der Waals surface area contributed by atoms with E-state index in [1.165, 1.54) is 11.8 Å². The Balaban J connectivity index is 1.24. The number of hydrogen-bond acceptors (Lipinski definition) is 8. The monoisotopic (exact) mass is 509 g/mol. The molecule has 0 radical (unpaired) electrons. The van der Waals surface area contributed by atoms with Crippen LogP contribution in [0.25, 0.3) is 22.7 Å². The van der Waals surface area contributed by atoms with Gasteiger partial charge in [-0.3, -0.25) is 4.98 Å². The smallest absolute Gasteiger partial charge is 0.410 e. The summed E-state index contributed by atoms with van der Waals surface area (Å²) < 4.78 is 37.4. The number of fused-ring (bicyclic) bond motifs is 1. The van der Waals surface area contributed by atoms with Gasteiger partial charge in [0, 0.05) is 24.8 Å². The number of pyridine rings is 1. The number of carbonyl (C=O) groups is 1. The maximum Gasteiger partial charge on any atom is 0.410 e. The first-order valence-electron chi connectivity index (χ1n) is 11.7. The minimum Gasteiger partial charge on any atom is -0.444 e. The van der Waals surface area contributed by atoms with E-state index in [-0.39, 0.29) is 12.0 Å². The predicted octanol–water partition coefficient (Wildman–Crippen LogP) is 4.67. The van der Waals surface area contributed by atoms with Crippen molar-refractivity contribution in [3.05, 3.63) is 65.4 Å². The van der Waals surface area contributed by atoms with Crippen LogP contribution in [0.3, 0.4) is 0 Å². The summed E-state index contributed by atoms with van der Waals surface area (Å²) in [7, 11) is 0. The van der Waals surface area contributed by atoms with Crippen molar-refractivity contribution in [3.8, 4) is 22.7 Å². The summed E-state index contributed by atoms with van der Waals surface area (Å²) in [5.41, 5.74) is 4.52.